The summed E-state index contributed by atoms with van der Waals surface area (Å²) < 4.78 is 32.1. The van der Waals surface area contributed by atoms with Crippen LogP contribution >= 0.6 is 11.6 Å². The van der Waals surface area contributed by atoms with Crippen LogP contribution in [0, 0.1) is 0 Å². The van der Waals surface area contributed by atoms with E-state index in [1.165, 1.54) is 0 Å². The van der Waals surface area contributed by atoms with Crippen molar-refractivity contribution in [1.29, 1.82) is 0 Å². The number of methoxy groups -OCH3 is 2. The van der Waals surface area contributed by atoms with Crippen molar-refractivity contribution in [3.05, 3.63) is 64.5 Å². The van der Waals surface area contributed by atoms with Crippen LogP contribution < -0.4 is 10.5 Å². The fourth-order valence-electron chi connectivity index (χ4n) is 5.38. The number of rotatable bonds is 4. The molecule has 1 saturated carbocycles. The van der Waals surface area contributed by atoms with Crippen LogP contribution in [0.2, 0.25) is 5.02 Å². The van der Waals surface area contributed by atoms with Crippen molar-refractivity contribution in [3.8, 4) is 16.9 Å². The van der Waals surface area contributed by atoms with E-state index < -0.39 is 17.0 Å². The Kier molecular flexibility index (Phi) is 5.27. The Morgan fingerprint density at radius 1 is 1.16 bits per heavy atom. The van der Waals surface area contributed by atoms with Gasteiger partial charge in [0.1, 0.15) is 11.4 Å². The molecular formula is C25H26ClFN2O3. The number of amidine groups is 1. The zero-order chi connectivity index (χ0) is 22.5. The maximum atomic E-state index is 14.7. The number of fused-ring (bicyclic) bond motifs is 3. The molecule has 7 heteroatoms. The summed E-state index contributed by atoms with van der Waals surface area (Å²) in [5.41, 5.74) is 7.98. The molecule has 2 heterocycles. The Labute approximate surface area is 192 Å². The largest absolute Gasteiger partial charge is 0.484 e. The first-order valence-corrected chi connectivity index (χ1v) is 11.2. The Bertz CT molecular complexity index is 1100. The molecule has 1 atom stereocenters. The number of halogens is 2. The average Bonchev–Trinajstić information content (AvgIpc) is 3.22. The second-order valence-electron chi connectivity index (χ2n) is 8.78. The molecule has 32 heavy (non-hydrogen) atoms. The van der Waals surface area contributed by atoms with Crippen molar-refractivity contribution >= 4 is 17.4 Å². The van der Waals surface area contributed by atoms with Crippen molar-refractivity contribution in [2.24, 2.45) is 10.7 Å². The fraction of sp³-hybridized carbons (Fsp3) is 0.400. The number of nitrogens with two attached hydrogens (primary N) is 1. The molecule has 0 amide bonds. The van der Waals surface area contributed by atoms with Crippen molar-refractivity contribution < 1.29 is 18.6 Å². The predicted molar refractivity (Wildman–Crippen MR) is 123 cm³/mol. The summed E-state index contributed by atoms with van der Waals surface area (Å²) in [4.78, 5) is 4.68. The molecule has 5 rings (SSSR count). The third-order valence-electron chi connectivity index (χ3n) is 6.94. The van der Waals surface area contributed by atoms with Crippen LogP contribution in [0.15, 0.2) is 53.3 Å². The molecule has 5 nitrogen and oxygen atoms in total. The molecule has 168 valence electrons. The Morgan fingerprint density at radius 3 is 2.59 bits per heavy atom. The maximum absolute atomic E-state index is 14.7. The number of aliphatic imine (C=N–C) groups is 1. The summed E-state index contributed by atoms with van der Waals surface area (Å²) in [5.74, 6) is 0.140. The second-order valence-corrected chi connectivity index (χ2v) is 9.22. The van der Waals surface area contributed by atoms with Gasteiger partial charge < -0.3 is 19.9 Å². The maximum Gasteiger partial charge on any atom is 0.163 e. The van der Waals surface area contributed by atoms with Crippen LogP contribution in [0.3, 0.4) is 0 Å². The molecule has 0 aromatic heterocycles. The van der Waals surface area contributed by atoms with Gasteiger partial charge in [0.15, 0.2) is 17.2 Å². The van der Waals surface area contributed by atoms with E-state index in [9.17, 15) is 4.39 Å². The van der Waals surface area contributed by atoms with Gasteiger partial charge in [0.25, 0.3) is 0 Å². The number of benzene rings is 2. The quantitative estimate of drug-likeness (QED) is 0.678. The van der Waals surface area contributed by atoms with Crippen molar-refractivity contribution in [3.63, 3.8) is 0 Å². The number of ether oxygens (including phenoxy) is 3. The summed E-state index contributed by atoms with van der Waals surface area (Å²) in [5, 5.41) is 0.629. The lowest BCUT2D eigenvalue weighted by atomic mass is 9.68. The Hall–Kier alpha value is -2.41. The molecule has 1 aliphatic carbocycles. The van der Waals surface area contributed by atoms with Gasteiger partial charge in [0, 0.05) is 24.8 Å². The number of hydrogen-bond donors (Lipinski definition) is 1. The van der Waals surface area contributed by atoms with Crippen LogP contribution in [0.1, 0.15) is 36.8 Å². The first-order valence-electron chi connectivity index (χ1n) is 10.8. The average molecular weight is 457 g/mol. The molecule has 3 aliphatic rings. The first-order chi connectivity index (χ1) is 15.4. The van der Waals surface area contributed by atoms with Crippen molar-refractivity contribution in [1.82, 2.24) is 0 Å². The molecule has 2 N–H and O–H groups in total. The second kappa shape index (κ2) is 7.87. The fourth-order valence-corrected chi connectivity index (χ4v) is 5.64. The highest BCUT2D eigenvalue weighted by atomic mass is 35.5. The first kappa shape index (κ1) is 21.4. The van der Waals surface area contributed by atoms with Crippen LogP contribution in [-0.4, -0.2) is 31.8 Å². The van der Waals surface area contributed by atoms with E-state index >= 15 is 0 Å². The Balaban J connectivity index is 1.62. The molecule has 0 radical (unpaired) electrons. The highest BCUT2D eigenvalue weighted by Gasteiger charge is 2.62. The normalized spacial score (nSPS) is 28.6. The van der Waals surface area contributed by atoms with E-state index in [1.807, 2.05) is 36.4 Å². The van der Waals surface area contributed by atoms with E-state index in [1.54, 1.807) is 20.3 Å². The van der Waals surface area contributed by atoms with Gasteiger partial charge in [-0.3, -0.25) is 0 Å². The third kappa shape index (κ3) is 3.24. The smallest absolute Gasteiger partial charge is 0.163 e. The van der Waals surface area contributed by atoms with Crippen LogP contribution in [-0.2, 0) is 21.6 Å². The lowest BCUT2D eigenvalue weighted by Crippen LogP contribution is -2.52. The summed E-state index contributed by atoms with van der Waals surface area (Å²) in [6.07, 6.45) is 4.75. The lowest BCUT2D eigenvalue weighted by Gasteiger charge is -2.43. The number of nitrogens with zero attached hydrogens (tertiary/aromatic N) is 1. The topological polar surface area (TPSA) is 66.1 Å². The molecule has 0 bridgehead atoms. The van der Waals surface area contributed by atoms with Gasteiger partial charge in [-0.2, -0.15) is 0 Å². The van der Waals surface area contributed by atoms with E-state index in [4.69, 9.17) is 31.5 Å². The molecule has 0 saturated heterocycles. The highest BCUT2D eigenvalue weighted by Crippen LogP contribution is 2.59. The standard InChI is InChI=1S/C25H26ClFN2O3/c1-30-14-15-9-17(11-18(26)10-15)16-3-4-22-20(12-16)25(13-21(27)23(28)29-25)24(32-22)7-5-19(31-2)6-8-24/h3-4,9-13,19H,5-8,14H2,1-2H3,(H2,28,29). The monoisotopic (exact) mass is 456 g/mol. The summed E-state index contributed by atoms with van der Waals surface area (Å²) in [7, 11) is 3.38. The van der Waals surface area contributed by atoms with E-state index in [0.29, 0.717) is 30.2 Å². The SMILES string of the molecule is COCc1cc(Cl)cc(-c2ccc3c(c2)C2(C=C(F)C(N)=N2)C2(CCC(OC)CC2)O3)c1. The van der Waals surface area contributed by atoms with Gasteiger partial charge in [-0.25, -0.2) is 9.38 Å². The van der Waals surface area contributed by atoms with E-state index in [-0.39, 0.29) is 11.9 Å². The highest BCUT2D eigenvalue weighted by molar-refractivity contribution is 6.31. The van der Waals surface area contributed by atoms with Crippen molar-refractivity contribution in [2.45, 2.75) is 49.5 Å². The van der Waals surface area contributed by atoms with Gasteiger partial charge in [0.05, 0.1) is 12.7 Å². The minimum Gasteiger partial charge on any atom is -0.484 e. The van der Waals surface area contributed by atoms with E-state index in [2.05, 4.69) is 4.99 Å². The minimum atomic E-state index is -0.987. The zero-order valence-corrected chi connectivity index (χ0v) is 18.9. The third-order valence-corrected chi connectivity index (χ3v) is 7.16. The van der Waals surface area contributed by atoms with Crippen LogP contribution in [0.5, 0.6) is 5.75 Å². The summed E-state index contributed by atoms with van der Waals surface area (Å²) >= 11 is 6.37. The molecule has 2 aliphatic heterocycles. The Morgan fingerprint density at radius 2 is 1.94 bits per heavy atom. The van der Waals surface area contributed by atoms with Crippen LogP contribution in [0.25, 0.3) is 11.1 Å². The molecular weight excluding hydrogens is 431 g/mol. The van der Waals surface area contributed by atoms with Gasteiger partial charge in [-0.1, -0.05) is 17.7 Å². The number of hydrogen-bond acceptors (Lipinski definition) is 5. The summed E-state index contributed by atoms with van der Waals surface area (Å²) in [6, 6.07) is 11.8. The van der Waals surface area contributed by atoms with Gasteiger partial charge in [0.2, 0.25) is 0 Å². The van der Waals surface area contributed by atoms with E-state index in [0.717, 1.165) is 35.1 Å². The summed E-state index contributed by atoms with van der Waals surface area (Å²) in [6.45, 7) is 0.462. The van der Waals surface area contributed by atoms with Gasteiger partial charge in [-0.15, -0.1) is 0 Å². The zero-order valence-electron chi connectivity index (χ0n) is 18.2. The van der Waals surface area contributed by atoms with Gasteiger partial charge in [-0.05, 0) is 78.8 Å². The van der Waals surface area contributed by atoms with Crippen molar-refractivity contribution in [2.75, 3.05) is 14.2 Å². The predicted octanol–water partition coefficient (Wildman–Crippen LogP) is 5.29. The minimum absolute atomic E-state index is 0.0785. The van der Waals surface area contributed by atoms with Gasteiger partial charge >= 0.3 is 0 Å². The molecule has 2 aromatic carbocycles. The molecule has 1 fully saturated rings. The molecule has 2 spiro atoms. The van der Waals surface area contributed by atoms with Crippen LogP contribution in [0.4, 0.5) is 4.39 Å². The lowest BCUT2D eigenvalue weighted by molar-refractivity contribution is -0.0426. The molecule has 2 aromatic rings. The molecule has 1 unspecified atom stereocenters.